The van der Waals surface area contributed by atoms with Gasteiger partial charge in [-0.1, -0.05) is 18.2 Å². The van der Waals surface area contributed by atoms with Gasteiger partial charge in [-0.05, 0) is 12.1 Å². The van der Waals surface area contributed by atoms with E-state index in [-0.39, 0.29) is 12.5 Å². The number of methoxy groups -OCH3 is 1. The quantitative estimate of drug-likeness (QED) is 0.741. The van der Waals surface area contributed by atoms with Crippen molar-refractivity contribution in [3.8, 4) is 5.75 Å². The molecular weight excluding hydrogens is 244 g/mol. The van der Waals surface area contributed by atoms with Gasteiger partial charge in [0.2, 0.25) is 0 Å². The summed E-state index contributed by atoms with van der Waals surface area (Å²) in [5, 5.41) is 0. The molecule has 19 heavy (non-hydrogen) atoms. The molecule has 0 aliphatic carbocycles. The predicted molar refractivity (Wildman–Crippen MR) is 69.9 cm³/mol. The number of carbonyl (C=O) groups is 1. The number of rotatable bonds is 6. The summed E-state index contributed by atoms with van der Waals surface area (Å²) in [6.45, 7) is 0.694. The largest absolute Gasteiger partial charge is 0.493 e. The number of esters is 1. The highest BCUT2D eigenvalue weighted by Gasteiger charge is 2.07. The fourth-order valence-corrected chi connectivity index (χ4v) is 1.69. The Balaban J connectivity index is 1.86. The van der Waals surface area contributed by atoms with E-state index in [4.69, 9.17) is 4.74 Å². The zero-order chi connectivity index (χ0) is 13.5. The second-order valence-corrected chi connectivity index (χ2v) is 3.96. The summed E-state index contributed by atoms with van der Waals surface area (Å²) in [6, 6.07) is 9.60. The summed E-state index contributed by atoms with van der Waals surface area (Å²) < 4.78 is 12.0. The molecule has 0 spiro atoms. The lowest BCUT2D eigenvalue weighted by molar-refractivity contribution is -0.141. The molecule has 0 aliphatic rings. The molecule has 1 aromatic heterocycles. The minimum atomic E-state index is -0.289. The number of carbonyl (C=O) groups excluding carboxylic acids is 1. The van der Waals surface area contributed by atoms with Crippen LogP contribution in [0.3, 0.4) is 0 Å². The van der Waals surface area contributed by atoms with Crippen molar-refractivity contribution >= 4 is 5.97 Å². The minimum absolute atomic E-state index is 0.178. The van der Waals surface area contributed by atoms with E-state index in [1.54, 1.807) is 17.0 Å². The van der Waals surface area contributed by atoms with Gasteiger partial charge in [0, 0.05) is 18.8 Å². The highest BCUT2D eigenvalue weighted by molar-refractivity contribution is 5.69. The van der Waals surface area contributed by atoms with Gasteiger partial charge < -0.3 is 14.0 Å². The van der Waals surface area contributed by atoms with Crippen molar-refractivity contribution in [1.82, 2.24) is 9.55 Å². The summed E-state index contributed by atoms with van der Waals surface area (Å²) in [6.07, 6.45) is 4.06. The van der Waals surface area contributed by atoms with Gasteiger partial charge in [-0.2, -0.15) is 0 Å². The molecule has 0 bridgehead atoms. The van der Waals surface area contributed by atoms with E-state index in [2.05, 4.69) is 9.72 Å². The van der Waals surface area contributed by atoms with Crippen LogP contribution in [-0.4, -0.2) is 29.2 Å². The fraction of sp³-hybridized carbons (Fsp3) is 0.286. The van der Waals surface area contributed by atoms with E-state index in [1.807, 2.05) is 30.3 Å². The van der Waals surface area contributed by atoms with Gasteiger partial charge in [-0.3, -0.25) is 4.79 Å². The van der Waals surface area contributed by atoms with Crippen molar-refractivity contribution in [2.24, 2.45) is 0 Å². The van der Waals surface area contributed by atoms with Crippen LogP contribution in [0.2, 0.25) is 0 Å². The molecule has 0 saturated heterocycles. The highest BCUT2D eigenvalue weighted by Crippen LogP contribution is 2.09. The van der Waals surface area contributed by atoms with Crippen molar-refractivity contribution in [2.45, 2.75) is 13.0 Å². The van der Waals surface area contributed by atoms with Crippen molar-refractivity contribution in [2.75, 3.05) is 13.7 Å². The predicted octanol–water partition coefficient (Wildman–Crippen LogP) is 1.68. The number of nitrogens with zero attached hydrogens (tertiary/aromatic N) is 2. The van der Waals surface area contributed by atoms with Crippen LogP contribution in [-0.2, 0) is 22.5 Å². The number of ether oxygens (including phenoxy) is 2. The van der Waals surface area contributed by atoms with E-state index in [1.165, 1.54) is 7.11 Å². The number of benzene rings is 1. The highest BCUT2D eigenvalue weighted by atomic mass is 16.5. The topological polar surface area (TPSA) is 53.4 Å². The molecule has 0 N–H and O–H groups in total. The summed E-state index contributed by atoms with van der Waals surface area (Å²) in [5.74, 6) is 1.35. The fourth-order valence-electron chi connectivity index (χ4n) is 1.69. The first-order chi connectivity index (χ1) is 9.29. The van der Waals surface area contributed by atoms with Gasteiger partial charge in [-0.25, -0.2) is 4.98 Å². The summed E-state index contributed by atoms with van der Waals surface area (Å²) >= 11 is 0. The van der Waals surface area contributed by atoms with Crippen LogP contribution in [0.25, 0.3) is 0 Å². The Kier molecular flexibility index (Phi) is 4.55. The van der Waals surface area contributed by atoms with Gasteiger partial charge in [0.25, 0.3) is 0 Å². The summed E-state index contributed by atoms with van der Waals surface area (Å²) in [5.41, 5.74) is 0. The zero-order valence-electron chi connectivity index (χ0n) is 10.8. The zero-order valence-corrected chi connectivity index (χ0v) is 10.8. The molecule has 2 aromatic rings. The molecule has 100 valence electrons. The van der Waals surface area contributed by atoms with Crippen molar-refractivity contribution in [1.29, 1.82) is 0 Å². The molecule has 0 aliphatic heterocycles. The van der Waals surface area contributed by atoms with Crippen LogP contribution in [0.4, 0.5) is 0 Å². The second-order valence-electron chi connectivity index (χ2n) is 3.96. The van der Waals surface area contributed by atoms with Crippen LogP contribution in [0.1, 0.15) is 5.82 Å². The third kappa shape index (κ3) is 3.84. The maximum Gasteiger partial charge on any atom is 0.325 e. The SMILES string of the molecule is COC(=O)Cn1ccnc1CCOc1ccccc1. The molecule has 5 heteroatoms. The molecule has 1 aromatic carbocycles. The second kappa shape index (κ2) is 6.58. The standard InChI is InChI=1S/C14H16N2O3/c1-18-14(17)11-16-9-8-15-13(16)7-10-19-12-5-3-2-4-6-12/h2-6,8-9H,7,10-11H2,1H3. The molecule has 0 unspecified atom stereocenters. The Labute approximate surface area is 111 Å². The van der Waals surface area contributed by atoms with Crippen LogP contribution < -0.4 is 4.74 Å². The Morgan fingerprint density at radius 3 is 2.84 bits per heavy atom. The lowest BCUT2D eigenvalue weighted by Gasteiger charge is -2.08. The average Bonchev–Trinajstić information content (AvgIpc) is 2.87. The van der Waals surface area contributed by atoms with Gasteiger partial charge in [0.1, 0.15) is 18.1 Å². The molecule has 1 heterocycles. The van der Waals surface area contributed by atoms with E-state index < -0.39 is 0 Å². The average molecular weight is 260 g/mol. The van der Waals surface area contributed by atoms with Gasteiger partial charge in [0.15, 0.2) is 0 Å². The number of para-hydroxylation sites is 1. The number of hydrogen-bond donors (Lipinski definition) is 0. The maximum absolute atomic E-state index is 11.2. The third-order valence-corrected chi connectivity index (χ3v) is 2.67. The molecular formula is C14H16N2O3. The van der Waals surface area contributed by atoms with Crippen molar-refractivity contribution in [3.63, 3.8) is 0 Å². The van der Waals surface area contributed by atoms with Gasteiger partial charge in [-0.15, -0.1) is 0 Å². The molecule has 0 saturated carbocycles. The Morgan fingerprint density at radius 1 is 1.32 bits per heavy atom. The molecule has 0 fully saturated rings. The minimum Gasteiger partial charge on any atom is -0.493 e. The Hall–Kier alpha value is -2.30. The summed E-state index contributed by atoms with van der Waals surface area (Å²) in [7, 11) is 1.37. The van der Waals surface area contributed by atoms with Gasteiger partial charge >= 0.3 is 5.97 Å². The maximum atomic E-state index is 11.2. The third-order valence-electron chi connectivity index (χ3n) is 2.67. The van der Waals surface area contributed by atoms with E-state index in [0.29, 0.717) is 13.0 Å². The smallest absolute Gasteiger partial charge is 0.325 e. The Morgan fingerprint density at radius 2 is 2.11 bits per heavy atom. The number of aromatic nitrogens is 2. The summed E-state index contributed by atoms with van der Waals surface area (Å²) in [4.78, 5) is 15.4. The number of hydrogen-bond acceptors (Lipinski definition) is 4. The van der Waals surface area contributed by atoms with Gasteiger partial charge in [0.05, 0.1) is 13.7 Å². The molecule has 5 nitrogen and oxygen atoms in total. The van der Waals surface area contributed by atoms with E-state index in [0.717, 1.165) is 11.6 Å². The normalized spacial score (nSPS) is 10.2. The molecule has 2 rings (SSSR count). The van der Waals surface area contributed by atoms with Crippen LogP contribution in [0.5, 0.6) is 5.75 Å². The first-order valence-electron chi connectivity index (χ1n) is 6.04. The van der Waals surface area contributed by atoms with E-state index in [9.17, 15) is 4.79 Å². The van der Waals surface area contributed by atoms with Crippen LogP contribution in [0.15, 0.2) is 42.7 Å². The first-order valence-corrected chi connectivity index (χ1v) is 6.04. The molecule has 0 amide bonds. The van der Waals surface area contributed by atoms with Crippen molar-refractivity contribution in [3.05, 3.63) is 48.5 Å². The number of imidazole rings is 1. The lowest BCUT2D eigenvalue weighted by Crippen LogP contribution is -2.15. The Bertz CT molecular complexity index is 522. The van der Waals surface area contributed by atoms with E-state index >= 15 is 0 Å². The molecule has 0 radical (unpaired) electrons. The monoisotopic (exact) mass is 260 g/mol. The van der Waals surface area contributed by atoms with Crippen molar-refractivity contribution < 1.29 is 14.3 Å². The lowest BCUT2D eigenvalue weighted by atomic mass is 10.3. The first kappa shape index (κ1) is 13.1. The molecule has 0 atom stereocenters. The van der Waals surface area contributed by atoms with Crippen LogP contribution in [0, 0.1) is 0 Å². The van der Waals surface area contributed by atoms with Crippen LogP contribution >= 0.6 is 0 Å².